The number of hydrogen-bond acceptors (Lipinski definition) is 4. The van der Waals surface area contributed by atoms with Gasteiger partial charge in [-0.3, -0.25) is 4.79 Å². The van der Waals surface area contributed by atoms with Crippen molar-refractivity contribution in [1.82, 2.24) is 0 Å². The molecule has 1 amide bonds. The van der Waals surface area contributed by atoms with Crippen molar-refractivity contribution in [3.8, 4) is 6.07 Å². The zero-order chi connectivity index (χ0) is 22.3. The molecule has 0 heterocycles. The van der Waals surface area contributed by atoms with Crippen LogP contribution in [-0.2, 0) is 10.2 Å². The first-order chi connectivity index (χ1) is 14.9. The average Bonchev–Trinajstić information content (AvgIpc) is 2.76. The number of rotatable bonds is 6. The van der Waals surface area contributed by atoms with Gasteiger partial charge < -0.3 is 10.6 Å². The molecule has 4 nitrogen and oxygen atoms in total. The van der Waals surface area contributed by atoms with Gasteiger partial charge in [-0.1, -0.05) is 81.1 Å². The van der Waals surface area contributed by atoms with Crippen LogP contribution in [0.1, 0.15) is 26.3 Å². The molecule has 3 aromatic carbocycles. The van der Waals surface area contributed by atoms with E-state index in [2.05, 4.69) is 31.4 Å². The van der Waals surface area contributed by atoms with Crippen molar-refractivity contribution in [2.75, 3.05) is 10.6 Å². The van der Waals surface area contributed by atoms with Gasteiger partial charge in [0.05, 0.1) is 5.69 Å². The van der Waals surface area contributed by atoms with E-state index in [1.807, 2.05) is 84.9 Å². The second kappa shape index (κ2) is 10.0. The van der Waals surface area contributed by atoms with Gasteiger partial charge in [0.15, 0.2) is 0 Å². The van der Waals surface area contributed by atoms with E-state index in [0.29, 0.717) is 5.69 Å². The second-order valence-electron chi connectivity index (χ2n) is 7.98. The molecule has 0 fully saturated rings. The lowest BCUT2D eigenvalue weighted by Gasteiger charge is -2.22. The minimum absolute atomic E-state index is 0.00299. The number of nitrogens with one attached hydrogen (secondary N) is 2. The Morgan fingerprint density at radius 2 is 1.52 bits per heavy atom. The van der Waals surface area contributed by atoms with Crippen molar-refractivity contribution in [3.63, 3.8) is 0 Å². The second-order valence-corrected chi connectivity index (χ2v) is 9.09. The van der Waals surface area contributed by atoms with Crippen LogP contribution in [0.2, 0.25) is 0 Å². The van der Waals surface area contributed by atoms with E-state index in [-0.39, 0.29) is 11.0 Å². The molecule has 0 unspecified atom stereocenters. The molecule has 0 aliphatic heterocycles. The number of nitriles is 1. The molecule has 0 saturated carbocycles. The average molecular weight is 428 g/mol. The molecule has 0 atom stereocenters. The van der Waals surface area contributed by atoms with Gasteiger partial charge in [-0.15, -0.1) is 0 Å². The van der Waals surface area contributed by atoms with Crippen LogP contribution in [0.5, 0.6) is 0 Å². The first kappa shape index (κ1) is 22.2. The Balaban J connectivity index is 1.78. The van der Waals surface area contributed by atoms with Gasteiger partial charge in [0.1, 0.15) is 11.6 Å². The van der Waals surface area contributed by atoms with Crippen LogP contribution in [0.3, 0.4) is 0 Å². The number of benzene rings is 3. The van der Waals surface area contributed by atoms with Crippen LogP contribution < -0.4 is 10.6 Å². The third-order valence-electron chi connectivity index (χ3n) is 4.58. The number of amides is 1. The molecule has 0 radical (unpaired) electrons. The summed E-state index contributed by atoms with van der Waals surface area (Å²) in [5.74, 6) is -0.454. The van der Waals surface area contributed by atoms with Crippen molar-refractivity contribution in [2.45, 2.75) is 36.0 Å². The molecular weight excluding hydrogens is 402 g/mol. The summed E-state index contributed by atoms with van der Waals surface area (Å²) in [7, 11) is 0. The highest BCUT2D eigenvalue weighted by molar-refractivity contribution is 7.99. The molecule has 5 heteroatoms. The molecule has 156 valence electrons. The predicted molar refractivity (Wildman–Crippen MR) is 128 cm³/mol. The summed E-state index contributed by atoms with van der Waals surface area (Å²) < 4.78 is 0. The Morgan fingerprint density at radius 3 is 2.19 bits per heavy atom. The molecular formula is C26H25N3OS. The smallest absolute Gasteiger partial charge is 0.267 e. The van der Waals surface area contributed by atoms with Crippen LogP contribution in [0, 0.1) is 11.3 Å². The van der Waals surface area contributed by atoms with E-state index < -0.39 is 5.91 Å². The molecule has 0 aromatic heterocycles. The minimum atomic E-state index is -0.454. The zero-order valence-corrected chi connectivity index (χ0v) is 18.7. The van der Waals surface area contributed by atoms with Crippen molar-refractivity contribution in [3.05, 3.63) is 96.2 Å². The summed E-state index contributed by atoms with van der Waals surface area (Å²) in [4.78, 5) is 14.8. The summed E-state index contributed by atoms with van der Waals surface area (Å²) >= 11 is 1.56. The van der Waals surface area contributed by atoms with E-state index in [1.54, 1.807) is 11.8 Å². The Morgan fingerprint density at radius 1 is 0.903 bits per heavy atom. The molecule has 0 saturated heterocycles. The summed E-state index contributed by atoms with van der Waals surface area (Å²) in [6, 6.07) is 27.4. The summed E-state index contributed by atoms with van der Waals surface area (Å²) in [5, 5.41) is 15.6. The molecule has 2 N–H and O–H groups in total. The van der Waals surface area contributed by atoms with Crippen molar-refractivity contribution >= 4 is 29.0 Å². The molecule has 0 aliphatic carbocycles. The van der Waals surface area contributed by atoms with Gasteiger partial charge in [0, 0.05) is 21.7 Å². The number of nitrogens with zero attached hydrogens (tertiary/aromatic N) is 1. The Kier molecular flexibility index (Phi) is 7.17. The number of carbonyl (C=O) groups excluding carboxylic acids is 1. The molecule has 3 aromatic rings. The Labute approximate surface area is 188 Å². The first-order valence-electron chi connectivity index (χ1n) is 9.98. The van der Waals surface area contributed by atoms with Crippen LogP contribution in [0.15, 0.2) is 100 Å². The maximum atomic E-state index is 12.8. The van der Waals surface area contributed by atoms with Gasteiger partial charge in [0.25, 0.3) is 5.91 Å². The van der Waals surface area contributed by atoms with Crippen LogP contribution in [-0.4, -0.2) is 5.91 Å². The molecule has 0 spiro atoms. The van der Waals surface area contributed by atoms with Crippen molar-refractivity contribution in [1.29, 1.82) is 5.26 Å². The van der Waals surface area contributed by atoms with E-state index in [9.17, 15) is 10.1 Å². The number of para-hydroxylation sites is 2. The highest BCUT2D eigenvalue weighted by Crippen LogP contribution is 2.33. The summed E-state index contributed by atoms with van der Waals surface area (Å²) in [6.07, 6.45) is 1.47. The fraction of sp³-hybridized carbons (Fsp3) is 0.154. The molecule has 31 heavy (non-hydrogen) atoms. The standard InChI is InChI=1S/C26H25N3OS/c1-26(2,3)21-13-7-8-14-22(21)28-18-19(17-27)25(30)29-23-15-9-10-16-24(23)31-20-11-5-4-6-12-20/h4-16,18,28H,1-3H3,(H,29,30)/b19-18-. The summed E-state index contributed by atoms with van der Waals surface area (Å²) in [5.41, 5.74) is 2.57. The fourth-order valence-electron chi connectivity index (χ4n) is 3.03. The van der Waals surface area contributed by atoms with Crippen molar-refractivity contribution in [2.24, 2.45) is 0 Å². The Bertz CT molecular complexity index is 1130. The van der Waals surface area contributed by atoms with E-state index in [1.165, 1.54) is 6.20 Å². The number of carbonyl (C=O) groups is 1. The number of anilines is 2. The third-order valence-corrected chi connectivity index (χ3v) is 5.66. The minimum Gasteiger partial charge on any atom is -0.360 e. The monoisotopic (exact) mass is 427 g/mol. The highest BCUT2D eigenvalue weighted by atomic mass is 32.2. The van der Waals surface area contributed by atoms with Gasteiger partial charge in [-0.25, -0.2) is 0 Å². The fourth-order valence-corrected chi connectivity index (χ4v) is 3.95. The molecule has 3 rings (SSSR count). The van der Waals surface area contributed by atoms with Gasteiger partial charge in [0.2, 0.25) is 0 Å². The topological polar surface area (TPSA) is 64.9 Å². The van der Waals surface area contributed by atoms with Crippen molar-refractivity contribution < 1.29 is 4.79 Å². The lowest BCUT2D eigenvalue weighted by Crippen LogP contribution is -2.16. The third kappa shape index (κ3) is 6.00. The predicted octanol–water partition coefficient (Wildman–Crippen LogP) is 6.59. The summed E-state index contributed by atoms with van der Waals surface area (Å²) in [6.45, 7) is 6.36. The lowest BCUT2D eigenvalue weighted by atomic mass is 9.86. The molecule has 0 bridgehead atoms. The largest absolute Gasteiger partial charge is 0.360 e. The van der Waals surface area contributed by atoms with E-state index in [0.717, 1.165) is 21.0 Å². The van der Waals surface area contributed by atoms with E-state index >= 15 is 0 Å². The van der Waals surface area contributed by atoms with Gasteiger partial charge >= 0.3 is 0 Å². The maximum absolute atomic E-state index is 12.8. The molecule has 0 aliphatic rings. The lowest BCUT2D eigenvalue weighted by molar-refractivity contribution is -0.112. The van der Waals surface area contributed by atoms with Crippen LogP contribution in [0.4, 0.5) is 11.4 Å². The number of hydrogen-bond donors (Lipinski definition) is 2. The SMILES string of the molecule is CC(C)(C)c1ccccc1N/C=C(/C#N)C(=O)Nc1ccccc1Sc1ccccc1. The normalized spacial score (nSPS) is 11.5. The van der Waals surface area contributed by atoms with Crippen LogP contribution >= 0.6 is 11.8 Å². The first-order valence-corrected chi connectivity index (χ1v) is 10.8. The quantitative estimate of drug-likeness (QED) is 0.344. The Hall–Kier alpha value is -3.49. The van der Waals surface area contributed by atoms with Crippen LogP contribution in [0.25, 0.3) is 0 Å². The van der Waals surface area contributed by atoms with Gasteiger partial charge in [-0.05, 0) is 41.3 Å². The zero-order valence-electron chi connectivity index (χ0n) is 17.8. The maximum Gasteiger partial charge on any atom is 0.267 e. The highest BCUT2D eigenvalue weighted by Gasteiger charge is 2.18. The van der Waals surface area contributed by atoms with Gasteiger partial charge in [-0.2, -0.15) is 5.26 Å². The van der Waals surface area contributed by atoms with E-state index in [4.69, 9.17) is 0 Å².